The number of rotatable bonds is 6. The molecule has 4 amide bonds. The number of benzene rings is 3. The molecule has 0 atom stereocenters. The number of nitrogens with one attached hydrogen (secondary N) is 2. The van der Waals surface area contributed by atoms with Gasteiger partial charge in [-0.05, 0) is 48.0 Å². The van der Waals surface area contributed by atoms with Crippen LogP contribution < -0.4 is 25.0 Å². The smallest absolute Gasteiger partial charge is 0.255 e. The predicted octanol–water partition coefficient (Wildman–Crippen LogP) is 3.25. The molecular weight excluding hydrogens is 450 g/mol. The summed E-state index contributed by atoms with van der Waals surface area (Å²) in [6.45, 7) is 0.434. The van der Waals surface area contributed by atoms with Gasteiger partial charge < -0.3 is 20.1 Å². The van der Waals surface area contributed by atoms with Gasteiger partial charge in [0.25, 0.3) is 11.8 Å². The van der Waals surface area contributed by atoms with Crippen LogP contribution in [0.4, 0.5) is 11.4 Å². The van der Waals surface area contributed by atoms with E-state index in [4.69, 9.17) is 9.47 Å². The average Bonchev–Trinajstić information content (AvgIpc) is 3.48. The largest absolute Gasteiger partial charge is 0.454 e. The summed E-state index contributed by atoms with van der Waals surface area (Å²) in [5.74, 6) is -0.128. The average molecular weight is 471 g/mol. The van der Waals surface area contributed by atoms with Crippen LogP contribution in [0.3, 0.4) is 0 Å². The number of anilines is 2. The van der Waals surface area contributed by atoms with Crippen LogP contribution in [0.2, 0.25) is 0 Å². The van der Waals surface area contributed by atoms with E-state index in [1.165, 1.54) is 6.07 Å². The van der Waals surface area contributed by atoms with Crippen molar-refractivity contribution in [2.24, 2.45) is 0 Å². The molecule has 9 nitrogen and oxygen atoms in total. The SMILES string of the molecule is O=C(Nc1ccccc1C(=O)NCc1ccc2c(c1)OCO2)c1cccc(N2C(=O)CCC2=O)c1. The molecule has 35 heavy (non-hydrogen) atoms. The predicted molar refractivity (Wildman–Crippen MR) is 126 cm³/mol. The molecule has 3 aromatic rings. The normalized spacial score (nSPS) is 14.2. The third-order valence-electron chi connectivity index (χ3n) is 5.73. The molecule has 0 bridgehead atoms. The minimum atomic E-state index is -0.470. The molecule has 0 saturated carbocycles. The maximum atomic E-state index is 12.9. The molecule has 2 heterocycles. The Hall–Kier alpha value is -4.66. The van der Waals surface area contributed by atoms with E-state index in [0.29, 0.717) is 28.4 Å². The molecule has 9 heteroatoms. The summed E-state index contributed by atoms with van der Waals surface area (Å²) in [7, 11) is 0. The fourth-order valence-corrected chi connectivity index (χ4v) is 3.96. The molecule has 0 spiro atoms. The minimum Gasteiger partial charge on any atom is -0.454 e. The number of ether oxygens (including phenoxy) is 2. The van der Waals surface area contributed by atoms with Gasteiger partial charge in [0.1, 0.15) is 0 Å². The molecule has 3 aromatic carbocycles. The Labute approximate surface area is 200 Å². The Kier molecular flexibility index (Phi) is 5.88. The molecule has 2 N–H and O–H groups in total. The quantitative estimate of drug-likeness (QED) is 0.534. The van der Waals surface area contributed by atoms with Gasteiger partial charge in [-0.25, -0.2) is 0 Å². The third kappa shape index (κ3) is 4.56. The van der Waals surface area contributed by atoms with Crippen LogP contribution in [0.15, 0.2) is 66.7 Å². The number of hydrogen-bond acceptors (Lipinski definition) is 6. The number of carbonyl (C=O) groups is 4. The summed E-state index contributed by atoms with van der Waals surface area (Å²) in [5, 5.41) is 5.60. The Morgan fingerprint density at radius 3 is 2.43 bits per heavy atom. The first kappa shape index (κ1) is 22.1. The molecule has 1 fully saturated rings. The molecule has 0 aromatic heterocycles. The highest BCUT2D eigenvalue weighted by molar-refractivity contribution is 6.20. The van der Waals surface area contributed by atoms with Gasteiger partial charge in [-0.3, -0.25) is 24.1 Å². The van der Waals surface area contributed by atoms with Gasteiger partial charge in [0, 0.05) is 24.9 Å². The topological polar surface area (TPSA) is 114 Å². The van der Waals surface area contributed by atoms with Crippen LogP contribution in [0.5, 0.6) is 11.5 Å². The lowest BCUT2D eigenvalue weighted by molar-refractivity contribution is -0.121. The summed E-state index contributed by atoms with van der Waals surface area (Å²) in [6, 6.07) is 18.4. The number of para-hydroxylation sites is 1. The first-order valence-electron chi connectivity index (χ1n) is 11.0. The van der Waals surface area contributed by atoms with Gasteiger partial charge >= 0.3 is 0 Å². The third-order valence-corrected chi connectivity index (χ3v) is 5.73. The first-order valence-corrected chi connectivity index (χ1v) is 11.0. The monoisotopic (exact) mass is 471 g/mol. The second kappa shape index (κ2) is 9.30. The molecule has 2 aliphatic rings. The van der Waals surface area contributed by atoms with E-state index in [2.05, 4.69) is 10.6 Å². The van der Waals surface area contributed by atoms with Crippen LogP contribution in [-0.2, 0) is 16.1 Å². The van der Waals surface area contributed by atoms with Gasteiger partial charge in [0.2, 0.25) is 18.6 Å². The lowest BCUT2D eigenvalue weighted by Crippen LogP contribution is -2.29. The summed E-state index contributed by atoms with van der Waals surface area (Å²) >= 11 is 0. The first-order chi connectivity index (χ1) is 17.0. The lowest BCUT2D eigenvalue weighted by Gasteiger charge is -2.15. The van der Waals surface area contributed by atoms with Crippen molar-refractivity contribution in [1.82, 2.24) is 5.32 Å². The number of amides is 4. The summed E-state index contributed by atoms with van der Waals surface area (Å²) in [5.41, 5.74) is 2.07. The van der Waals surface area contributed by atoms with E-state index in [1.54, 1.807) is 54.6 Å². The van der Waals surface area contributed by atoms with E-state index < -0.39 is 5.91 Å². The highest BCUT2D eigenvalue weighted by atomic mass is 16.7. The van der Waals surface area contributed by atoms with E-state index in [-0.39, 0.29) is 49.5 Å². The van der Waals surface area contributed by atoms with Gasteiger partial charge in [-0.2, -0.15) is 0 Å². The highest BCUT2D eigenvalue weighted by Gasteiger charge is 2.30. The summed E-state index contributed by atoms with van der Waals surface area (Å²) in [4.78, 5) is 51.0. The highest BCUT2D eigenvalue weighted by Crippen LogP contribution is 2.32. The number of hydrogen-bond donors (Lipinski definition) is 2. The molecule has 0 aliphatic carbocycles. The van der Waals surface area contributed by atoms with Crippen molar-refractivity contribution in [3.63, 3.8) is 0 Å². The van der Waals surface area contributed by atoms with E-state index in [1.807, 2.05) is 6.07 Å². The molecule has 176 valence electrons. The zero-order valence-electron chi connectivity index (χ0n) is 18.6. The maximum absolute atomic E-state index is 12.9. The van der Waals surface area contributed by atoms with Crippen molar-refractivity contribution >= 4 is 35.0 Å². The van der Waals surface area contributed by atoms with E-state index >= 15 is 0 Å². The van der Waals surface area contributed by atoms with Crippen LogP contribution in [0, 0.1) is 0 Å². The standard InChI is InChI=1S/C26H21N3O6/c30-23-10-11-24(31)29(23)18-5-3-4-17(13-18)25(32)28-20-7-2-1-6-19(20)26(33)27-14-16-8-9-21-22(12-16)35-15-34-21/h1-9,12-13H,10-11,14-15H2,(H,27,33)(H,28,32). The van der Waals surface area contributed by atoms with E-state index in [0.717, 1.165) is 10.5 Å². The van der Waals surface area contributed by atoms with Crippen molar-refractivity contribution in [2.45, 2.75) is 19.4 Å². The van der Waals surface area contributed by atoms with Gasteiger partial charge in [-0.1, -0.05) is 24.3 Å². The molecule has 0 unspecified atom stereocenters. The van der Waals surface area contributed by atoms with Crippen molar-refractivity contribution in [1.29, 1.82) is 0 Å². The second-order valence-corrected chi connectivity index (χ2v) is 8.04. The molecule has 0 radical (unpaired) electrons. The van der Waals surface area contributed by atoms with Crippen molar-refractivity contribution < 1.29 is 28.7 Å². The second-order valence-electron chi connectivity index (χ2n) is 8.04. The van der Waals surface area contributed by atoms with E-state index in [9.17, 15) is 19.2 Å². The Balaban J connectivity index is 1.29. The van der Waals surface area contributed by atoms with Crippen molar-refractivity contribution in [3.8, 4) is 11.5 Å². The number of imide groups is 1. The van der Waals surface area contributed by atoms with Crippen LogP contribution in [-0.4, -0.2) is 30.4 Å². The minimum absolute atomic E-state index is 0.157. The number of nitrogens with zero attached hydrogens (tertiary/aromatic N) is 1. The zero-order chi connectivity index (χ0) is 24.4. The number of fused-ring (bicyclic) bond motifs is 1. The van der Waals surface area contributed by atoms with Crippen LogP contribution >= 0.6 is 0 Å². The van der Waals surface area contributed by atoms with Gasteiger partial charge in [0.05, 0.1) is 16.9 Å². The lowest BCUT2D eigenvalue weighted by atomic mass is 10.1. The van der Waals surface area contributed by atoms with Crippen LogP contribution in [0.25, 0.3) is 0 Å². The molecule has 1 saturated heterocycles. The number of carbonyl (C=O) groups excluding carboxylic acids is 4. The summed E-state index contributed by atoms with van der Waals surface area (Å²) < 4.78 is 10.7. The Bertz CT molecular complexity index is 1340. The fraction of sp³-hybridized carbons (Fsp3) is 0.154. The van der Waals surface area contributed by atoms with Crippen LogP contribution in [0.1, 0.15) is 39.1 Å². The summed E-state index contributed by atoms with van der Waals surface area (Å²) in [6.07, 6.45) is 0.313. The Morgan fingerprint density at radius 2 is 1.60 bits per heavy atom. The molecule has 5 rings (SSSR count). The van der Waals surface area contributed by atoms with Crippen molar-refractivity contribution in [2.75, 3.05) is 17.0 Å². The molecule has 2 aliphatic heterocycles. The maximum Gasteiger partial charge on any atom is 0.255 e. The fourth-order valence-electron chi connectivity index (χ4n) is 3.96. The zero-order valence-corrected chi connectivity index (χ0v) is 18.6. The Morgan fingerprint density at radius 1 is 0.829 bits per heavy atom. The molecular formula is C26H21N3O6. The van der Waals surface area contributed by atoms with Gasteiger partial charge in [0.15, 0.2) is 11.5 Å². The van der Waals surface area contributed by atoms with Gasteiger partial charge in [-0.15, -0.1) is 0 Å². The van der Waals surface area contributed by atoms with Crippen molar-refractivity contribution in [3.05, 3.63) is 83.4 Å².